The smallest absolute Gasteiger partial charge is 0.349 e. The van der Waals surface area contributed by atoms with Crippen LogP contribution in [0.4, 0.5) is 0 Å². The van der Waals surface area contributed by atoms with Crippen LogP contribution in [0.2, 0.25) is 0 Å². The number of nitrogens with zero attached hydrogens (tertiary/aromatic N) is 1. The maximum Gasteiger partial charge on any atom is 0.349 e. The van der Waals surface area contributed by atoms with Crippen molar-refractivity contribution < 1.29 is 9.53 Å². The molecule has 7 heteroatoms. The number of nitrogens with one attached hydrogen (secondary N) is 1. The lowest BCUT2D eigenvalue weighted by molar-refractivity contribution is 0.0325. The van der Waals surface area contributed by atoms with Crippen LogP contribution in [-0.4, -0.2) is 15.9 Å². The number of aromatic amines is 1. The Kier molecular flexibility index (Phi) is 4.36. The summed E-state index contributed by atoms with van der Waals surface area (Å²) in [6, 6.07) is 7.89. The molecule has 138 valence electrons. The number of benzene rings is 1. The summed E-state index contributed by atoms with van der Waals surface area (Å²) in [7, 11) is 0. The molecule has 0 aliphatic heterocycles. The van der Waals surface area contributed by atoms with Gasteiger partial charge in [0.15, 0.2) is 11.9 Å². The molecule has 3 heterocycles. The summed E-state index contributed by atoms with van der Waals surface area (Å²) in [5.74, 6) is -0.0386. The minimum Gasteiger partial charge on any atom is -0.450 e. The Labute approximate surface area is 163 Å². The molecule has 0 unspecified atom stereocenters. The fourth-order valence-corrected chi connectivity index (χ4v) is 5.23. The van der Waals surface area contributed by atoms with E-state index < -0.39 is 12.1 Å². The van der Waals surface area contributed by atoms with Crippen LogP contribution < -0.4 is 5.56 Å². The van der Waals surface area contributed by atoms with Crippen LogP contribution >= 0.6 is 22.7 Å². The molecule has 0 bridgehead atoms. The third kappa shape index (κ3) is 2.96. The molecule has 0 aliphatic carbocycles. The zero-order chi connectivity index (χ0) is 19.3. The number of aromatic nitrogens is 2. The summed E-state index contributed by atoms with van der Waals surface area (Å²) < 4.78 is 6.67. The molecular weight excluding hydrogens is 380 g/mol. The first-order valence-corrected chi connectivity index (χ1v) is 10.2. The molecule has 4 rings (SSSR count). The molecule has 0 saturated carbocycles. The zero-order valence-electron chi connectivity index (χ0n) is 15.4. The number of fused-ring (bicyclic) bond motifs is 2. The van der Waals surface area contributed by atoms with Gasteiger partial charge in [-0.05, 0) is 50.3 Å². The molecular formula is C20H18N2O3S2. The van der Waals surface area contributed by atoms with Crippen LogP contribution in [0.25, 0.3) is 20.3 Å². The van der Waals surface area contributed by atoms with Gasteiger partial charge in [-0.2, -0.15) is 0 Å². The van der Waals surface area contributed by atoms with Crippen molar-refractivity contribution >= 4 is 48.9 Å². The molecule has 1 N–H and O–H groups in total. The Morgan fingerprint density at radius 1 is 1.15 bits per heavy atom. The Morgan fingerprint density at radius 3 is 2.63 bits per heavy atom. The molecule has 5 nitrogen and oxygen atoms in total. The highest BCUT2D eigenvalue weighted by Crippen LogP contribution is 2.32. The average molecular weight is 399 g/mol. The lowest BCUT2D eigenvalue weighted by Crippen LogP contribution is -2.17. The molecule has 1 aromatic carbocycles. The van der Waals surface area contributed by atoms with E-state index >= 15 is 0 Å². The average Bonchev–Trinajstić information content (AvgIpc) is 3.12. The van der Waals surface area contributed by atoms with Crippen molar-refractivity contribution in [2.24, 2.45) is 0 Å². The summed E-state index contributed by atoms with van der Waals surface area (Å²) in [6.07, 6.45) is -0.651. The molecule has 0 spiro atoms. The fraction of sp³-hybridized carbons (Fsp3) is 0.250. The van der Waals surface area contributed by atoms with E-state index in [1.165, 1.54) is 22.7 Å². The number of esters is 1. The van der Waals surface area contributed by atoms with Gasteiger partial charge in [-0.15, -0.1) is 22.7 Å². The van der Waals surface area contributed by atoms with Gasteiger partial charge >= 0.3 is 5.97 Å². The highest BCUT2D eigenvalue weighted by atomic mass is 32.1. The van der Waals surface area contributed by atoms with Crippen LogP contribution in [0.5, 0.6) is 0 Å². The first kappa shape index (κ1) is 17.9. The molecule has 0 aliphatic rings. The first-order valence-electron chi connectivity index (χ1n) is 8.56. The lowest BCUT2D eigenvalue weighted by atomic mass is 10.1. The van der Waals surface area contributed by atoms with Crippen LogP contribution in [-0.2, 0) is 4.74 Å². The highest BCUT2D eigenvalue weighted by Gasteiger charge is 2.22. The Bertz CT molecular complexity index is 1250. The van der Waals surface area contributed by atoms with Crippen LogP contribution in [0, 0.1) is 20.8 Å². The van der Waals surface area contributed by atoms with Crippen molar-refractivity contribution in [1.29, 1.82) is 0 Å². The predicted octanol–water partition coefficient (Wildman–Crippen LogP) is 5.04. The second kappa shape index (κ2) is 6.58. The largest absolute Gasteiger partial charge is 0.450 e. The van der Waals surface area contributed by atoms with E-state index in [1.54, 1.807) is 6.92 Å². The molecule has 0 saturated heterocycles. The van der Waals surface area contributed by atoms with Gasteiger partial charge in [0.1, 0.15) is 9.71 Å². The summed E-state index contributed by atoms with van der Waals surface area (Å²) in [6.45, 7) is 7.52. The van der Waals surface area contributed by atoms with E-state index in [4.69, 9.17) is 4.74 Å². The van der Waals surface area contributed by atoms with E-state index in [1.807, 2.05) is 45.0 Å². The van der Waals surface area contributed by atoms with Gasteiger partial charge in [0.25, 0.3) is 5.56 Å². The number of carbonyl (C=O) groups is 1. The molecule has 27 heavy (non-hydrogen) atoms. The number of thiophene rings is 2. The normalized spacial score (nSPS) is 12.6. The molecule has 1 atom stereocenters. The van der Waals surface area contributed by atoms with E-state index in [9.17, 15) is 9.59 Å². The maximum atomic E-state index is 12.7. The number of hydrogen-bond acceptors (Lipinski definition) is 6. The summed E-state index contributed by atoms with van der Waals surface area (Å²) in [5.41, 5.74) is 1.66. The van der Waals surface area contributed by atoms with Gasteiger partial charge in [0.05, 0.1) is 5.39 Å². The minimum atomic E-state index is -0.651. The fourth-order valence-electron chi connectivity index (χ4n) is 3.10. The predicted molar refractivity (Wildman–Crippen MR) is 110 cm³/mol. The van der Waals surface area contributed by atoms with Crippen molar-refractivity contribution in [3.05, 3.63) is 61.3 Å². The Hall–Kier alpha value is -2.51. The van der Waals surface area contributed by atoms with Crippen molar-refractivity contribution in [2.75, 3.05) is 0 Å². The van der Waals surface area contributed by atoms with Gasteiger partial charge in [0, 0.05) is 9.58 Å². The van der Waals surface area contributed by atoms with Crippen molar-refractivity contribution in [1.82, 2.24) is 9.97 Å². The summed E-state index contributed by atoms with van der Waals surface area (Å²) >= 11 is 2.89. The monoisotopic (exact) mass is 398 g/mol. The molecule has 3 aromatic heterocycles. The van der Waals surface area contributed by atoms with Gasteiger partial charge in [-0.25, -0.2) is 9.78 Å². The van der Waals surface area contributed by atoms with Gasteiger partial charge < -0.3 is 9.72 Å². The van der Waals surface area contributed by atoms with E-state index in [0.717, 1.165) is 26.1 Å². The Morgan fingerprint density at radius 2 is 1.89 bits per heavy atom. The van der Waals surface area contributed by atoms with Crippen LogP contribution in [0.1, 0.15) is 44.5 Å². The van der Waals surface area contributed by atoms with Crippen molar-refractivity contribution in [3.8, 4) is 0 Å². The quantitative estimate of drug-likeness (QED) is 0.491. The van der Waals surface area contributed by atoms with E-state index in [2.05, 4.69) is 9.97 Å². The SMILES string of the molecule is Cc1sc2nc([C@H](C)OC(=O)c3sc4ccccc4c3C)[nH]c(=O)c2c1C. The number of ether oxygens (including phenoxy) is 1. The third-order valence-corrected chi connectivity index (χ3v) is 7.11. The van der Waals surface area contributed by atoms with Gasteiger partial charge in [-0.3, -0.25) is 4.79 Å². The van der Waals surface area contributed by atoms with Crippen molar-refractivity contribution in [2.45, 2.75) is 33.8 Å². The van der Waals surface area contributed by atoms with Crippen molar-refractivity contribution in [3.63, 3.8) is 0 Å². The molecule has 4 aromatic rings. The van der Waals surface area contributed by atoms with E-state index in [-0.39, 0.29) is 5.56 Å². The molecule has 0 radical (unpaired) electrons. The standard InChI is InChI=1S/C20H18N2O3S2/c1-9-12(4)26-19-15(9)18(23)21-17(22-19)11(3)25-20(24)16-10(2)13-7-5-6-8-14(13)27-16/h5-8,11H,1-4H3,(H,21,22,23)/t11-/m0/s1. The zero-order valence-corrected chi connectivity index (χ0v) is 17.0. The maximum absolute atomic E-state index is 12.7. The van der Waals surface area contributed by atoms with Gasteiger partial charge in [-0.1, -0.05) is 18.2 Å². The second-order valence-corrected chi connectivity index (χ2v) is 8.77. The van der Waals surface area contributed by atoms with Crippen LogP contribution in [0.15, 0.2) is 29.1 Å². The number of aryl methyl sites for hydroxylation is 3. The Balaban J connectivity index is 1.66. The van der Waals surface area contributed by atoms with Gasteiger partial charge in [0.2, 0.25) is 0 Å². The minimum absolute atomic E-state index is 0.196. The second-order valence-electron chi connectivity index (χ2n) is 6.51. The van der Waals surface area contributed by atoms with E-state index in [0.29, 0.717) is 20.9 Å². The number of rotatable bonds is 3. The first-order chi connectivity index (χ1) is 12.9. The number of hydrogen-bond donors (Lipinski definition) is 1. The number of H-pyrrole nitrogens is 1. The summed E-state index contributed by atoms with van der Waals surface area (Å²) in [5, 5.41) is 1.67. The molecule has 0 amide bonds. The highest BCUT2D eigenvalue weighted by molar-refractivity contribution is 7.21. The topological polar surface area (TPSA) is 72.0 Å². The third-order valence-electron chi connectivity index (χ3n) is 4.76. The summed E-state index contributed by atoms with van der Waals surface area (Å²) in [4.78, 5) is 34.7. The number of carbonyl (C=O) groups excluding carboxylic acids is 1. The molecule has 0 fully saturated rings. The van der Waals surface area contributed by atoms with Crippen LogP contribution in [0.3, 0.4) is 0 Å². The lowest BCUT2D eigenvalue weighted by Gasteiger charge is -2.12.